The minimum atomic E-state index is 0.189. The smallest absolute Gasteiger partial charge is 0.203 e. The van der Waals surface area contributed by atoms with Gasteiger partial charge in [0.1, 0.15) is 6.33 Å². The van der Waals surface area contributed by atoms with Crippen LogP contribution in [0, 0.1) is 5.92 Å². The molecule has 2 aromatic rings. The summed E-state index contributed by atoms with van der Waals surface area (Å²) in [5.74, 6) is 1.66. The van der Waals surface area contributed by atoms with E-state index in [0.29, 0.717) is 5.92 Å². The van der Waals surface area contributed by atoms with Crippen LogP contribution in [0.15, 0.2) is 18.7 Å². The maximum Gasteiger partial charge on any atom is 0.203 e. The second kappa shape index (κ2) is 4.47. The summed E-state index contributed by atoms with van der Waals surface area (Å²) in [7, 11) is 0. The van der Waals surface area contributed by atoms with Crippen LogP contribution in [-0.4, -0.2) is 31.7 Å². The van der Waals surface area contributed by atoms with Crippen LogP contribution in [-0.2, 0) is 0 Å². The first-order valence-electron chi connectivity index (χ1n) is 7.02. The van der Waals surface area contributed by atoms with Gasteiger partial charge in [-0.2, -0.15) is 0 Å². The summed E-state index contributed by atoms with van der Waals surface area (Å²) in [6.45, 7) is 7.98. The van der Waals surface area contributed by atoms with Crippen molar-refractivity contribution in [3.05, 3.63) is 18.7 Å². The lowest BCUT2D eigenvalue weighted by Gasteiger charge is -2.37. The largest absolute Gasteiger partial charge is 0.348 e. The Morgan fingerprint density at radius 2 is 2.26 bits per heavy atom. The van der Waals surface area contributed by atoms with Crippen LogP contribution < -0.4 is 4.90 Å². The average Bonchev–Trinajstić information content (AvgIpc) is 2.93. The summed E-state index contributed by atoms with van der Waals surface area (Å²) in [6, 6.07) is 0. The Balaban J connectivity index is 2.03. The molecule has 0 bridgehead atoms. The van der Waals surface area contributed by atoms with E-state index in [0.717, 1.165) is 18.0 Å². The number of anilines is 1. The molecule has 19 heavy (non-hydrogen) atoms. The fourth-order valence-electron chi connectivity index (χ4n) is 3.41. The summed E-state index contributed by atoms with van der Waals surface area (Å²) in [5.41, 5.74) is 1.05. The average molecular weight is 259 g/mol. The molecule has 1 fully saturated rings. The van der Waals surface area contributed by atoms with Crippen LogP contribution >= 0.6 is 0 Å². The van der Waals surface area contributed by atoms with Crippen molar-refractivity contribution in [2.45, 2.75) is 45.6 Å². The summed E-state index contributed by atoms with van der Waals surface area (Å²) in [4.78, 5) is 6.99. The molecule has 1 aliphatic heterocycles. The van der Waals surface area contributed by atoms with E-state index in [-0.39, 0.29) is 5.54 Å². The standard InChI is InChI=1S/C14H21N5/c1-11(2)9-14(3)5-4-7-19(14)12-13-17-16-10-18(13)8-6-15-12/h6,8,10-11H,4-5,7,9H2,1-3H3/t14-/m0/s1. The van der Waals surface area contributed by atoms with E-state index in [9.17, 15) is 0 Å². The predicted octanol–water partition coefficient (Wildman–Crippen LogP) is 2.53. The first kappa shape index (κ1) is 12.4. The van der Waals surface area contributed by atoms with E-state index in [2.05, 4.69) is 40.9 Å². The lowest BCUT2D eigenvalue weighted by atomic mass is 9.88. The summed E-state index contributed by atoms with van der Waals surface area (Å²) >= 11 is 0. The van der Waals surface area contributed by atoms with Gasteiger partial charge in [-0.05, 0) is 32.1 Å². The van der Waals surface area contributed by atoms with Gasteiger partial charge in [0.25, 0.3) is 0 Å². The molecule has 0 radical (unpaired) electrons. The zero-order chi connectivity index (χ0) is 13.5. The minimum absolute atomic E-state index is 0.189. The second-order valence-corrected chi connectivity index (χ2v) is 6.16. The Morgan fingerprint density at radius 3 is 3.05 bits per heavy atom. The molecule has 0 aromatic carbocycles. The van der Waals surface area contributed by atoms with Gasteiger partial charge in [-0.25, -0.2) is 4.98 Å². The molecule has 1 atom stereocenters. The molecule has 0 amide bonds. The molecule has 5 nitrogen and oxygen atoms in total. The topological polar surface area (TPSA) is 46.3 Å². The Morgan fingerprint density at radius 1 is 1.42 bits per heavy atom. The Hall–Kier alpha value is -1.65. The van der Waals surface area contributed by atoms with Gasteiger partial charge in [0.15, 0.2) is 5.82 Å². The molecule has 5 heteroatoms. The van der Waals surface area contributed by atoms with Crippen molar-refractivity contribution in [2.75, 3.05) is 11.4 Å². The highest BCUT2D eigenvalue weighted by Gasteiger charge is 2.38. The molecule has 2 aromatic heterocycles. The number of fused-ring (bicyclic) bond motifs is 1. The molecule has 3 heterocycles. The normalized spacial score (nSPS) is 23.7. The van der Waals surface area contributed by atoms with Gasteiger partial charge in [-0.15, -0.1) is 10.2 Å². The number of aromatic nitrogens is 4. The third kappa shape index (κ3) is 2.07. The molecule has 0 aliphatic carbocycles. The van der Waals surface area contributed by atoms with Crippen molar-refractivity contribution >= 4 is 11.5 Å². The van der Waals surface area contributed by atoms with Crippen molar-refractivity contribution in [3.8, 4) is 0 Å². The van der Waals surface area contributed by atoms with Gasteiger partial charge < -0.3 is 4.90 Å². The summed E-state index contributed by atoms with van der Waals surface area (Å²) in [5, 5.41) is 8.21. The molecular formula is C14H21N5. The molecule has 0 spiro atoms. The van der Waals surface area contributed by atoms with Crippen molar-refractivity contribution in [1.29, 1.82) is 0 Å². The predicted molar refractivity (Wildman–Crippen MR) is 75.2 cm³/mol. The Bertz CT molecular complexity index is 576. The van der Waals surface area contributed by atoms with E-state index in [1.54, 1.807) is 6.33 Å². The van der Waals surface area contributed by atoms with Crippen molar-refractivity contribution in [2.24, 2.45) is 5.92 Å². The zero-order valence-corrected chi connectivity index (χ0v) is 11.9. The first-order chi connectivity index (χ1) is 9.10. The minimum Gasteiger partial charge on any atom is -0.348 e. The highest BCUT2D eigenvalue weighted by atomic mass is 15.3. The molecule has 0 N–H and O–H groups in total. The molecule has 0 saturated carbocycles. The number of hydrogen-bond donors (Lipinski definition) is 0. The van der Waals surface area contributed by atoms with Gasteiger partial charge in [-0.3, -0.25) is 4.40 Å². The van der Waals surface area contributed by atoms with E-state index in [1.165, 1.54) is 19.3 Å². The van der Waals surface area contributed by atoms with Crippen LogP contribution in [0.5, 0.6) is 0 Å². The Labute approximate surface area is 113 Å². The molecular weight excluding hydrogens is 238 g/mol. The van der Waals surface area contributed by atoms with Crippen LogP contribution in [0.2, 0.25) is 0 Å². The van der Waals surface area contributed by atoms with E-state index in [1.807, 2.05) is 16.8 Å². The Kier molecular flexibility index (Phi) is 2.92. The third-order valence-corrected chi connectivity index (χ3v) is 4.05. The van der Waals surface area contributed by atoms with Crippen LogP contribution in [0.1, 0.15) is 40.0 Å². The second-order valence-electron chi connectivity index (χ2n) is 6.16. The van der Waals surface area contributed by atoms with Gasteiger partial charge in [0.05, 0.1) is 0 Å². The summed E-state index contributed by atoms with van der Waals surface area (Å²) < 4.78 is 1.94. The number of hydrogen-bond acceptors (Lipinski definition) is 4. The van der Waals surface area contributed by atoms with Gasteiger partial charge in [0, 0.05) is 24.5 Å². The quantitative estimate of drug-likeness (QED) is 0.849. The van der Waals surface area contributed by atoms with Crippen LogP contribution in [0.3, 0.4) is 0 Å². The molecule has 102 valence electrons. The first-order valence-corrected chi connectivity index (χ1v) is 7.02. The maximum atomic E-state index is 4.57. The SMILES string of the molecule is CC(C)C[C@]1(C)CCCN1c1nccn2cnnc12. The fraction of sp³-hybridized carbons (Fsp3) is 0.643. The van der Waals surface area contributed by atoms with E-state index < -0.39 is 0 Å². The van der Waals surface area contributed by atoms with E-state index in [4.69, 9.17) is 0 Å². The molecule has 1 aliphatic rings. The van der Waals surface area contributed by atoms with Gasteiger partial charge >= 0.3 is 0 Å². The monoisotopic (exact) mass is 259 g/mol. The molecule has 3 rings (SSSR count). The molecule has 0 unspecified atom stereocenters. The van der Waals surface area contributed by atoms with Crippen molar-refractivity contribution in [1.82, 2.24) is 19.6 Å². The highest BCUT2D eigenvalue weighted by Crippen LogP contribution is 2.38. The van der Waals surface area contributed by atoms with Gasteiger partial charge in [0.2, 0.25) is 5.65 Å². The lowest BCUT2D eigenvalue weighted by molar-refractivity contribution is 0.368. The molecule has 1 saturated heterocycles. The highest BCUT2D eigenvalue weighted by molar-refractivity contribution is 5.65. The number of rotatable bonds is 3. The van der Waals surface area contributed by atoms with Gasteiger partial charge in [-0.1, -0.05) is 13.8 Å². The third-order valence-electron chi connectivity index (χ3n) is 4.05. The number of nitrogens with zero attached hydrogens (tertiary/aromatic N) is 5. The van der Waals surface area contributed by atoms with E-state index >= 15 is 0 Å². The lowest BCUT2D eigenvalue weighted by Crippen LogP contribution is -2.43. The van der Waals surface area contributed by atoms with Crippen LogP contribution in [0.25, 0.3) is 5.65 Å². The van der Waals surface area contributed by atoms with Crippen molar-refractivity contribution in [3.63, 3.8) is 0 Å². The zero-order valence-electron chi connectivity index (χ0n) is 11.9. The summed E-state index contributed by atoms with van der Waals surface area (Å²) in [6.07, 6.45) is 9.09. The fourth-order valence-corrected chi connectivity index (χ4v) is 3.41. The van der Waals surface area contributed by atoms with Crippen LogP contribution in [0.4, 0.5) is 5.82 Å². The maximum absolute atomic E-state index is 4.57. The van der Waals surface area contributed by atoms with Crippen molar-refractivity contribution < 1.29 is 0 Å².